The minimum Gasteiger partial charge on any atom is -0.402 e. The molecule has 0 aliphatic carbocycles. The van der Waals surface area contributed by atoms with Gasteiger partial charge in [-0.25, -0.2) is 8.78 Å². The van der Waals surface area contributed by atoms with Gasteiger partial charge in [-0.3, -0.25) is 14.5 Å². The van der Waals surface area contributed by atoms with Gasteiger partial charge in [0.2, 0.25) is 6.41 Å². The van der Waals surface area contributed by atoms with Crippen LogP contribution in [0.4, 0.5) is 8.78 Å². The van der Waals surface area contributed by atoms with Crippen LogP contribution in [-0.2, 0) is 15.3 Å². The third-order valence-corrected chi connectivity index (χ3v) is 3.37. The van der Waals surface area contributed by atoms with Crippen LogP contribution in [0.5, 0.6) is 0 Å². The number of benzene rings is 1. The van der Waals surface area contributed by atoms with E-state index in [0.29, 0.717) is 18.2 Å². The highest BCUT2D eigenvalue weighted by atomic mass is 19.1. The van der Waals surface area contributed by atoms with Crippen LogP contribution in [0.1, 0.15) is 19.4 Å². The molecular formula is C15H15F2N3O2. The second-order valence-electron chi connectivity index (χ2n) is 5.12. The summed E-state index contributed by atoms with van der Waals surface area (Å²) in [4.78, 5) is 24.6. The van der Waals surface area contributed by atoms with Crippen molar-refractivity contribution < 1.29 is 18.4 Å². The van der Waals surface area contributed by atoms with Crippen LogP contribution in [0.2, 0.25) is 0 Å². The largest absolute Gasteiger partial charge is 0.402 e. The van der Waals surface area contributed by atoms with E-state index in [4.69, 9.17) is 5.73 Å². The van der Waals surface area contributed by atoms with E-state index in [9.17, 15) is 18.4 Å². The van der Waals surface area contributed by atoms with E-state index in [0.717, 1.165) is 17.0 Å². The van der Waals surface area contributed by atoms with Crippen LogP contribution in [0.25, 0.3) is 0 Å². The van der Waals surface area contributed by atoms with Crippen LogP contribution in [-0.4, -0.2) is 17.2 Å². The number of carbonyl (C=O) groups is 2. The van der Waals surface area contributed by atoms with E-state index >= 15 is 0 Å². The number of nitrogens with two attached hydrogens (primary N) is 1. The monoisotopic (exact) mass is 307 g/mol. The van der Waals surface area contributed by atoms with Crippen molar-refractivity contribution in [2.24, 2.45) is 5.73 Å². The molecule has 1 unspecified atom stereocenters. The molecule has 1 atom stereocenters. The first-order valence-corrected chi connectivity index (χ1v) is 6.45. The molecule has 0 radical (unpaired) electrons. The van der Waals surface area contributed by atoms with Crippen LogP contribution >= 0.6 is 0 Å². The summed E-state index contributed by atoms with van der Waals surface area (Å²) in [7, 11) is 0. The predicted molar refractivity (Wildman–Crippen MR) is 75.8 cm³/mol. The molecule has 5 nitrogen and oxygen atoms in total. The molecule has 3 N–H and O–H groups in total. The fourth-order valence-corrected chi connectivity index (χ4v) is 2.27. The molecule has 1 aromatic rings. The second-order valence-corrected chi connectivity index (χ2v) is 5.12. The van der Waals surface area contributed by atoms with Crippen molar-refractivity contribution in [2.45, 2.75) is 19.5 Å². The second kappa shape index (κ2) is 5.59. The molecule has 0 bridgehead atoms. The zero-order valence-corrected chi connectivity index (χ0v) is 12.1. The van der Waals surface area contributed by atoms with Crippen LogP contribution in [0, 0.1) is 11.6 Å². The molecule has 1 heterocycles. The van der Waals surface area contributed by atoms with Crippen molar-refractivity contribution in [1.82, 2.24) is 10.2 Å². The third kappa shape index (κ3) is 2.69. The molecule has 22 heavy (non-hydrogen) atoms. The predicted octanol–water partition coefficient (Wildman–Crippen LogP) is 1.47. The van der Waals surface area contributed by atoms with Gasteiger partial charge in [0, 0.05) is 17.3 Å². The van der Waals surface area contributed by atoms with Crippen LogP contribution in [0.15, 0.2) is 41.7 Å². The Balaban J connectivity index is 2.55. The smallest absolute Gasteiger partial charge is 0.270 e. The molecule has 1 aromatic carbocycles. The van der Waals surface area contributed by atoms with Crippen molar-refractivity contribution in [1.29, 1.82) is 0 Å². The van der Waals surface area contributed by atoms with Gasteiger partial charge in [0.05, 0.1) is 0 Å². The third-order valence-electron chi connectivity index (χ3n) is 3.37. The number of allylic oxidation sites excluding steroid dienone is 3. The highest BCUT2D eigenvalue weighted by Gasteiger charge is 2.45. The van der Waals surface area contributed by atoms with Gasteiger partial charge in [-0.2, -0.15) is 0 Å². The van der Waals surface area contributed by atoms with Crippen LogP contribution < -0.4 is 11.1 Å². The number of amides is 2. The lowest BCUT2D eigenvalue weighted by molar-refractivity contribution is -0.120. The molecule has 0 aromatic heterocycles. The Bertz CT molecular complexity index is 676. The normalized spacial score (nSPS) is 23.8. The van der Waals surface area contributed by atoms with E-state index in [2.05, 4.69) is 5.32 Å². The molecule has 0 saturated carbocycles. The van der Waals surface area contributed by atoms with Crippen molar-refractivity contribution in [2.75, 3.05) is 0 Å². The molecule has 2 amide bonds. The Morgan fingerprint density at radius 3 is 2.41 bits per heavy atom. The van der Waals surface area contributed by atoms with Gasteiger partial charge >= 0.3 is 0 Å². The topological polar surface area (TPSA) is 75.4 Å². The minimum absolute atomic E-state index is 0.0342. The zero-order chi connectivity index (χ0) is 16.5. The summed E-state index contributed by atoms with van der Waals surface area (Å²) in [5.41, 5.74) is 4.70. The van der Waals surface area contributed by atoms with Crippen molar-refractivity contribution in [3.05, 3.63) is 58.9 Å². The fraction of sp³-hybridized carbons (Fsp3) is 0.200. The first kappa shape index (κ1) is 15.7. The number of hydrogen-bond acceptors (Lipinski definition) is 3. The summed E-state index contributed by atoms with van der Waals surface area (Å²) in [5, 5.41) is 2.56. The molecule has 2 rings (SSSR count). The zero-order valence-electron chi connectivity index (χ0n) is 12.1. The average molecular weight is 307 g/mol. The number of hydrogen-bond donors (Lipinski definition) is 2. The van der Waals surface area contributed by atoms with E-state index in [1.807, 2.05) is 0 Å². The Kier molecular flexibility index (Phi) is 3.99. The number of halogens is 2. The maximum absolute atomic E-state index is 13.4. The Morgan fingerprint density at radius 2 is 1.91 bits per heavy atom. The number of nitrogens with one attached hydrogen (secondary N) is 1. The lowest BCUT2D eigenvalue weighted by Gasteiger charge is -2.31. The van der Waals surface area contributed by atoms with E-state index in [-0.39, 0.29) is 11.3 Å². The van der Waals surface area contributed by atoms with Crippen molar-refractivity contribution in [3.8, 4) is 0 Å². The quantitative estimate of drug-likeness (QED) is 0.656. The fourth-order valence-electron chi connectivity index (χ4n) is 2.27. The minimum atomic E-state index is -1.38. The van der Waals surface area contributed by atoms with Gasteiger partial charge in [-0.1, -0.05) is 0 Å². The van der Waals surface area contributed by atoms with Crippen LogP contribution in [0.3, 0.4) is 0 Å². The van der Waals surface area contributed by atoms with Gasteiger partial charge in [0.1, 0.15) is 23.0 Å². The molecule has 1 saturated heterocycles. The number of rotatable bonds is 3. The first-order chi connectivity index (χ1) is 10.3. The summed E-state index contributed by atoms with van der Waals surface area (Å²) in [6.45, 7) is 3.10. The molecule has 1 fully saturated rings. The average Bonchev–Trinajstić information content (AvgIpc) is 2.66. The van der Waals surface area contributed by atoms with Gasteiger partial charge in [-0.15, -0.1) is 0 Å². The maximum atomic E-state index is 13.4. The Morgan fingerprint density at radius 1 is 1.32 bits per heavy atom. The SMILES string of the molecule is C/C(N)=C\C=C1\C(=O)NC(C)(c2cc(F)cc(F)c2)N1C=O. The molecule has 0 spiro atoms. The lowest BCUT2D eigenvalue weighted by Crippen LogP contribution is -2.45. The van der Waals surface area contributed by atoms with E-state index in [1.165, 1.54) is 19.1 Å². The molecule has 1 aliphatic rings. The summed E-state index contributed by atoms with van der Waals surface area (Å²) in [6, 6.07) is 2.84. The first-order valence-electron chi connectivity index (χ1n) is 6.45. The van der Waals surface area contributed by atoms with E-state index < -0.39 is 23.2 Å². The van der Waals surface area contributed by atoms with Gasteiger partial charge in [-0.05, 0) is 38.1 Å². The Labute approximate surface area is 126 Å². The maximum Gasteiger partial charge on any atom is 0.270 e. The van der Waals surface area contributed by atoms with Crippen molar-refractivity contribution >= 4 is 12.3 Å². The standard InChI is InChI=1S/C15H15F2N3O2/c1-9(18)3-4-13-14(22)19-15(2,20(13)8-21)10-5-11(16)7-12(17)6-10/h3-8H,18H2,1-2H3,(H,19,22)/b9-3+,13-4-. The summed E-state index contributed by atoms with van der Waals surface area (Å²) in [5.74, 6) is -2.14. The van der Waals surface area contributed by atoms with Crippen molar-refractivity contribution in [3.63, 3.8) is 0 Å². The molecule has 7 heteroatoms. The molecular weight excluding hydrogens is 292 g/mol. The highest BCUT2D eigenvalue weighted by Crippen LogP contribution is 2.34. The summed E-state index contributed by atoms with van der Waals surface area (Å²) in [6.07, 6.45) is 3.26. The van der Waals surface area contributed by atoms with Gasteiger partial charge < -0.3 is 11.1 Å². The molecule has 116 valence electrons. The van der Waals surface area contributed by atoms with E-state index in [1.54, 1.807) is 6.92 Å². The number of nitrogens with zero attached hydrogens (tertiary/aromatic N) is 1. The van der Waals surface area contributed by atoms with Gasteiger partial charge in [0.15, 0.2) is 0 Å². The van der Waals surface area contributed by atoms with Gasteiger partial charge in [0.25, 0.3) is 5.91 Å². The summed E-state index contributed by atoms with van der Waals surface area (Å²) >= 11 is 0. The summed E-state index contributed by atoms with van der Waals surface area (Å²) < 4.78 is 26.9. The lowest BCUT2D eigenvalue weighted by atomic mass is 10.0. The Hall–Kier alpha value is -2.70. The number of carbonyl (C=O) groups excluding carboxylic acids is 2. The highest BCUT2D eigenvalue weighted by molar-refractivity contribution is 5.99. The molecule has 1 aliphatic heterocycles.